The molecule has 0 bridgehead atoms. The van der Waals surface area contributed by atoms with Crippen LogP contribution in [0.15, 0.2) is 66.7 Å². The van der Waals surface area contributed by atoms with Crippen molar-refractivity contribution in [2.75, 3.05) is 14.2 Å². The number of phenols is 3. The standard InChI is InChI=1S/C29H28O6/c1-17-5-6-21(18(2)13-17)16-35-25-12-9-20(14-24(25)31)27-26(33-3)15-23(29(34-4)28(27)32)19-7-10-22(30)11-8-19/h5-15,30-32H,16H2,1-4H3. The Morgan fingerprint density at radius 1 is 0.714 bits per heavy atom. The second-order valence-corrected chi connectivity index (χ2v) is 8.33. The molecule has 6 heteroatoms. The van der Waals surface area contributed by atoms with E-state index in [0.29, 0.717) is 34.8 Å². The minimum Gasteiger partial charge on any atom is -0.508 e. The van der Waals surface area contributed by atoms with Crippen LogP contribution in [0.25, 0.3) is 22.3 Å². The van der Waals surface area contributed by atoms with Gasteiger partial charge in [-0.1, -0.05) is 42.0 Å². The van der Waals surface area contributed by atoms with Gasteiger partial charge in [-0.15, -0.1) is 0 Å². The first-order valence-corrected chi connectivity index (χ1v) is 11.1. The Bertz CT molecular complexity index is 1360. The molecule has 4 rings (SSSR count). The highest BCUT2D eigenvalue weighted by atomic mass is 16.5. The first-order chi connectivity index (χ1) is 16.8. The van der Waals surface area contributed by atoms with Crippen LogP contribution in [0.5, 0.6) is 34.5 Å². The summed E-state index contributed by atoms with van der Waals surface area (Å²) in [6.45, 7) is 4.39. The van der Waals surface area contributed by atoms with Gasteiger partial charge in [-0.3, -0.25) is 0 Å². The summed E-state index contributed by atoms with van der Waals surface area (Å²) in [6, 6.07) is 19.4. The Morgan fingerprint density at radius 3 is 2.06 bits per heavy atom. The van der Waals surface area contributed by atoms with Crippen molar-refractivity contribution in [3.8, 4) is 56.8 Å². The van der Waals surface area contributed by atoms with Crippen molar-refractivity contribution in [1.29, 1.82) is 0 Å². The van der Waals surface area contributed by atoms with Crippen LogP contribution < -0.4 is 14.2 Å². The molecular formula is C29H28O6. The fraction of sp³-hybridized carbons (Fsp3) is 0.172. The molecular weight excluding hydrogens is 444 g/mol. The van der Waals surface area contributed by atoms with E-state index < -0.39 is 0 Å². The molecule has 180 valence electrons. The molecule has 0 saturated heterocycles. The molecule has 0 heterocycles. The average Bonchev–Trinajstić information content (AvgIpc) is 2.84. The van der Waals surface area contributed by atoms with Crippen LogP contribution in [0.1, 0.15) is 16.7 Å². The molecule has 0 atom stereocenters. The molecule has 0 amide bonds. The summed E-state index contributed by atoms with van der Waals surface area (Å²) in [5.74, 6) is 0.931. The lowest BCUT2D eigenvalue weighted by Crippen LogP contribution is -1.99. The third-order valence-electron chi connectivity index (χ3n) is 5.95. The van der Waals surface area contributed by atoms with Gasteiger partial charge in [-0.25, -0.2) is 0 Å². The Labute approximate surface area is 204 Å². The van der Waals surface area contributed by atoms with Crippen LogP contribution in [0.3, 0.4) is 0 Å². The number of phenolic OH excluding ortho intramolecular Hbond substituents is 3. The lowest BCUT2D eigenvalue weighted by molar-refractivity contribution is 0.288. The van der Waals surface area contributed by atoms with Gasteiger partial charge < -0.3 is 29.5 Å². The number of rotatable bonds is 7. The van der Waals surface area contributed by atoms with Crippen molar-refractivity contribution in [2.45, 2.75) is 20.5 Å². The molecule has 35 heavy (non-hydrogen) atoms. The smallest absolute Gasteiger partial charge is 0.170 e. The van der Waals surface area contributed by atoms with E-state index in [2.05, 4.69) is 6.07 Å². The molecule has 0 radical (unpaired) electrons. The van der Waals surface area contributed by atoms with Crippen molar-refractivity contribution >= 4 is 0 Å². The highest BCUT2D eigenvalue weighted by Gasteiger charge is 2.22. The topological polar surface area (TPSA) is 88.4 Å². The number of aryl methyl sites for hydroxylation is 2. The second-order valence-electron chi connectivity index (χ2n) is 8.33. The van der Waals surface area contributed by atoms with Gasteiger partial charge in [-0.2, -0.15) is 0 Å². The Balaban J connectivity index is 1.70. The third-order valence-corrected chi connectivity index (χ3v) is 5.95. The summed E-state index contributed by atoms with van der Waals surface area (Å²) in [5.41, 5.74) is 5.58. The molecule has 0 aliphatic carbocycles. The van der Waals surface area contributed by atoms with Crippen LogP contribution in [-0.4, -0.2) is 29.5 Å². The summed E-state index contributed by atoms with van der Waals surface area (Å²) >= 11 is 0. The fourth-order valence-corrected chi connectivity index (χ4v) is 4.09. The number of hydrogen-bond donors (Lipinski definition) is 3. The first kappa shape index (κ1) is 23.8. The largest absolute Gasteiger partial charge is 0.508 e. The molecule has 0 aromatic heterocycles. The molecule has 0 unspecified atom stereocenters. The molecule has 3 N–H and O–H groups in total. The monoisotopic (exact) mass is 472 g/mol. The number of ether oxygens (including phenoxy) is 3. The zero-order valence-corrected chi connectivity index (χ0v) is 20.1. The summed E-state index contributed by atoms with van der Waals surface area (Å²) < 4.78 is 17.0. The maximum Gasteiger partial charge on any atom is 0.170 e. The van der Waals surface area contributed by atoms with Crippen molar-refractivity contribution in [3.05, 3.63) is 83.4 Å². The van der Waals surface area contributed by atoms with E-state index >= 15 is 0 Å². The van der Waals surface area contributed by atoms with Crippen molar-refractivity contribution < 1.29 is 29.5 Å². The number of aromatic hydroxyl groups is 3. The van der Waals surface area contributed by atoms with Gasteiger partial charge in [0.05, 0.1) is 19.8 Å². The van der Waals surface area contributed by atoms with Gasteiger partial charge in [-0.05, 0) is 66.4 Å². The Kier molecular flexibility index (Phi) is 6.73. The molecule has 0 aliphatic rings. The van der Waals surface area contributed by atoms with Crippen molar-refractivity contribution in [2.24, 2.45) is 0 Å². The minimum atomic E-state index is -0.127. The first-order valence-electron chi connectivity index (χ1n) is 11.1. The molecule has 0 fully saturated rings. The third kappa shape index (κ3) is 4.82. The fourth-order valence-electron chi connectivity index (χ4n) is 4.09. The summed E-state index contributed by atoms with van der Waals surface area (Å²) in [5, 5.41) is 31.4. The predicted octanol–water partition coefficient (Wildman–Crippen LogP) is 6.35. The van der Waals surface area contributed by atoms with E-state index in [-0.39, 0.29) is 23.0 Å². The van der Waals surface area contributed by atoms with Crippen LogP contribution in [0.4, 0.5) is 0 Å². The molecule has 4 aromatic carbocycles. The molecule has 0 saturated carbocycles. The quantitative estimate of drug-likeness (QED) is 0.290. The molecule has 6 nitrogen and oxygen atoms in total. The van der Waals surface area contributed by atoms with Crippen molar-refractivity contribution in [1.82, 2.24) is 0 Å². The van der Waals surface area contributed by atoms with Crippen LogP contribution >= 0.6 is 0 Å². The second kappa shape index (κ2) is 9.89. The normalized spacial score (nSPS) is 10.7. The van der Waals surface area contributed by atoms with Gasteiger partial charge in [0.2, 0.25) is 0 Å². The zero-order valence-electron chi connectivity index (χ0n) is 20.1. The lowest BCUT2D eigenvalue weighted by Gasteiger charge is -2.18. The number of hydrogen-bond acceptors (Lipinski definition) is 6. The summed E-state index contributed by atoms with van der Waals surface area (Å²) in [4.78, 5) is 0. The van der Waals surface area contributed by atoms with Crippen LogP contribution in [0.2, 0.25) is 0 Å². The maximum absolute atomic E-state index is 11.1. The predicted molar refractivity (Wildman–Crippen MR) is 136 cm³/mol. The maximum atomic E-state index is 11.1. The van der Waals surface area contributed by atoms with Gasteiger partial charge in [0.25, 0.3) is 0 Å². The van der Waals surface area contributed by atoms with Crippen LogP contribution in [-0.2, 0) is 6.61 Å². The van der Waals surface area contributed by atoms with E-state index in [0.717, 1.165) is 16.7 Å². The Morgan fingerprint density at radius 2 is 1.43 bits per heavy atom. The SMILES string of the molecule is COc1cc(-c2ccc(O)cc2)c(OC)c(O)c1-c1ccc(OCc2ccc(C)cc2C)c(O)c1. The lowest BCUT2D eigenvalue weighted by atomic mass is 9.96. The Hall–Kier alpha value is -4.32. The summed E-state index contributed by atoms with van der Waals surface area (Å²) in [7, 11) is 2.98. The van der Waals surface area contributed by atoms with E-state index in [1.165, 1.54) is 25.8 Å². The van der Waals surface area contributed by atoms with E-state index in [1.807, 2.05) is 26.0 Å². The summed E-state index contributed by atoms with van der Waals surface area (Å²) in [6.07, 6.45) is 0. The van der Waals surface area contributed by atoms with Gasteiger partial charge in [0.1, 0.15) is 18.1 Å². The van der Waals surface area contributed by atoms with E-state index in [9.17, 15) is 15.3 Å². The molecule has 4 aromatic rings. The van der Waals surface area contributed by atoms with E-state index in [1.54, 1.807) is 42.5 Å². The molecule has 0 spiro atoms. The van der Waals surface area contributed by atoms with Gasteiger partial charge in [0.15, 0.2) is 23.0 Å². The average molecular weight is 473 g/mol. The zero-order chi connectivity index (χ0) is 25.1. The van der Waals surface area contributed by atoms with Gasteiger partial charge in [0, 0.05) is 5.56 Å². The van der Waals surface area contributed by atoms with E-state index in [4.69, 9.17) is 14.2 Å². The van der Waals surface area contributed by atoms with Gasteiger partial charge >= 0.3 is 0 Å². The number of methoxy groups -OCH3 is 2. The molecule has 0 aliphatic heterocycles. The minimum absolute atomic E-state index is 0.0599. The van der Waals surface area contributed by atoms with Crippen LogP contribution in [0, 0.1) is 13.8 Å². The number of benzene rings is 4. The van der Waals surface area contributed by atoms with Crippen molar-refractivity contribution in [3.63, 3.8) is 0 Å². The highest BCUT2D eigenvalue weighted by Crippen LogP contribution is 2.50. The highest BCUT2D eigenvalue weighted by molar-refractivity contribution is 5.88.